The molecule has 0 saturated carbocycles. The van der Waals surface area contributed by atoms with Crippen molar-refractivity contribution in [1.82, 2.24) is 0 Å². The quantitative estimate of drug-likeness (QED) is 0.520. The number of carbonyl (C=O) groups is 1. The minimum absolute atomic E-state index is 0.246. The fourth-order valence-corrected chi connectivity index (χ4v) is 1.49. The summed E-state index contributed by atoms with van der Waals surface area (Å²) < 4.78 is 0. The van der Waals surface area contributed by atoms with Crippen molar-refractivity contribution in [2.45, 2.75) is 39.0 Å². The Bertz CT molecular complexity index is 213. The Morgan fingerprint density at radius 2 is 1.85 bits per heavy atom. The molecule has 0 bridgehead atoms. The largest absolute Gasteiger partial charge is 0.299 e. The van der Waals surface area contributed by atoms with Crippen LogP contribution >= 0.6 is 0 Å². The van der Waals surface area contributed by atoms with Gasteiger partial charge in [0, 0.05) is 12.3 Å². The van der Waals surface area contributed by atoms with Gasteiger partial charge in [-0.1, -0.05) is 31.2 Å². The predicted molar refractivity (Wildman–Crippen MR) is 55.5 cm³/mol. The molecule has 1 aliphatic rings. The number of allylic oxidation sites excluding steroid dienone is 4. The Labute approximate surface area is 80.5 Å². The van der Waals surface area contributed by atoms with Crippen LogP contribution in [0.15, 0.2) is 24.3 Å². The molecule has 1 aliphatic carbocycles. The molecule has 0 aromatic rings. The molecular weight excluding hydrogens is 160 g/mol. The van der Waals surface area contributed by atoms with Crippen molar-refractivity contribution in [2.24, 2.45) is 5.92 Å². The monoisotopic (exact) mass is 178 g/mol. The number of carbonyl (C=O) groups excluding carboxylic acids is 1. The van der Waals surface area contributed by atoms with Crippen molar-refractivity contribution in [1.29, 1.82) is 0 Å². The van der Waals surface area contributed by atoms with Crippen LogP contribution in [0.25, 0.3) is 0 Å². The summed E-state index contributed by atoms with van der Waals surface area (Å²) in [5.41, 5.74) is 0. The van der Waals surface area contributed by atoms with Crippen molar-refractivity contribution in [3.8, 4) is 0 Å². The highest BCUT2D eigenvalue weighted by atomic mass is 16.1. The SMILES string of the molecule is CC1CC/C=C/CC=CCCC1=O. The maximum atomic E-state index is 11.5. The summed E-state index contributed by atoms with van der Waals surface area (Å²) in [6.07, 6.45) is 13.3. The lowest BCUT2D eigenvalue weighted by Crippen LogP contribution is -2.09. The number of rotatable bonds is 0. The number of hydrogen-bond acceptors (Lipinski definition) is 1. The minimum Gasteiger partial charge on any atom is -0.299 e. The Kier molecular flexibility index (Phi) is 4.52. The summed E-state index contributed by atoms with van der Waals surface area (Å²) in [5, 5.41) is 0. The zero-order valence-electron chi connectivity index (χ0n) is 8.33. The van der Waals surface area contributed by atoms with Crippen molar-refractivity contribution in [2.75, 3.05) is 0 Å². The zero-order valence-corrected chi connectivity index (χ0v) is 8.33. The Morgan fingerprint density at radius 3 is 2.62 bits per heavy atom. The fraction of sp³-hybridized carbons (Fsp3) is 0.583. The Balaban J connectivity index is 2.48. The van der Waals surface area contributed by atoms with Crippen LogP contribution in [-0.4, -0.2) is 5.78 Å². The van der Waals surface area contributed by atoms with Crippen LogP contribution < -0.4 is 0 Å². The van der Waals surface area contributed by atoms with Gasteiger partial charge in [-0.25, -0.2) is 0 Å². The molecule has 72 valence electrons. The Hall–Kier alpha value is -0.850. The van der Waals surface area contributed by atoms with E-state index in [1.54, 1.807) is 0 Å². The van der Waals surface area contributed by atoms with Crippen LogP contribution in [0.1, 0.15) is 39.0 Å². The van der Waals surface area contributed by atoms with Gasteiger partial charge in [-0.15, -0.1) is 0 Å². The molecule has 1 rings (SSSR count). The lowest BCUT2D eigenvalue weighted by molar-refractivity contribution is -0.122. The van der Waals surface area contributed by atoms with E-state index in [2.05, 4.69) is 24.3 Å². The molecule has 0 amide bonds. The molecule has 0 saturated heterocycles. The summed E-state index contributed by atoms with van der Waals surface area (Å²) in [6.45, 7) is 2.04. The lowest BCUT2D eigenvalue weighted by Gasteiger charge is -2.06. The summed E-state index contributed by atoms with van der Waals surface area (Å²) >= 11 is 0. The van der Waals surface area contributed by atoms with Crippen LogP contribution in [0.3, 0.4) is 0 Å². The van der Waals surface area contributed by atoms with E-state index in [-0.39, 0.29) is 5.92 Å². The van der Waals surface area contributed by atoms with Gasteiger partial charge < -0.3 is 0 Å². The third kappa shape index (κ3) is 4.07. The van der Waals surface area contributed by atoms with E-state index >= 15 is 0 Å². The summed E-state index contributed by atoms with van der Waals surface area (Å²) in [5.74, 6) is 0.663. The summed E-state index contributed by atoms with van der Waals surface area (Å²) in [4.78, 5) is 11.5. The van der Waals surface area contributed by atoms with E-state index in [0.29, 0.717) is 5.78 Å². The second-order valence-electron chi connectivity index (χ2n) is 3.66. The second kappa shape index (κ2) is 5.74. The molecule has 1 atom stereocenters. The van der Waals surface area contributed by atoms with Crippen molar-refractivity contribution in [3.05, 3.63) is 24.3 Å². The van der Waals surface area contributed by atoms with Gasteiger partial charge in [0.1, 0.15) is 5.78 Å². The van der Waals surface area contributed by atoms with Crippen molar-refractivity contribution >= 4 is 5.78 Å². The van der Waals surface area contributed by atoms with Crippen LogP contribution in [0.4, 0.5) is 0 Å². The fourth-order valence-electron chi connectivity index (χ4n) is 1.49. The van der Waals surface area contributed by atoms with E-state index in [1.165, 1.54) is 0 Å². The average molecular weight is 178 g/mol. The average Bonchev–Trinajstić information content (AvgIpc) is 2.16. The molecule has 0 fully saturated rings. The van der Waals surface area contributed by atoms with E-state index in [0.717, 1.165) is 32.1 Å². The molecule has 0 heterocycles. The van der Waals surface area contributed by atoms with Gasteiger partial charge in [0.05, 0.1) is 0 Å². The normalized spacial score (nSPS) is 28.1. The highest BCUT2D eigenvalue weighted by molar-refractivity contribution is 5.80. The number of hydrogen-bond donors (Lipinski definition) is 0. The summed E-state index contributed by atoms with van der Waals surface area (Å²) in [7, 11) is 0. The summed E-state index contributed by atoms with van der Waals surface area (Å²) in [6, 6.07) is 0. The third-order valence-corrected chi connectivity index (χ3v) is 2.48. The molecule has 1 heteroatoms. The molecule has 0 aromatic carbocycles. The molecule has 0 aliphatic heterocycles. The van der Waals surface area contributed by atoms with E-state index in [9.17, 15) is 4.79 Å². The zero-order chi connectivity index (χ0) is 9.52. The molecule has 1 nitrogen and oxygen atoms in total. The number of Topliss-reactive ketones (excluding diaryl/α,β-unsaturated/α-hetero) is 1. The molecule has 13 heavy (non-hydrogen) atoms. The van der Waals surface area contributed by atoms with Crippen molar-refractivity contribution < 1.29 is 4.79 Å². The van der Waals surface area contributed by atoms with Gasteiger partial charge >= 0.3 is 0 Å². The van der Waals surface area contributed by atoms with Crippen LogP contribution in [-0.2, 0) is 4.79 Å². The maximum absolute atomic E-state index is 11.5. The third-order valence-electron chi connectivity index (χ3n) is 2.48. The van der Waals surface area contributed by atoms with Crippen LogP contribution in [0.5, 0.6) is 0 Å². The van der Waals surface area contributed by atoms with Gasteiger partial charge in [0.2, 0.25) is 0 Å². The van der Waals surface area contributed by atoms with Crippen LogP contribution in [0.2, 0.25) is 0 Å². The number of ketones is 1. The molecule has 0 aromatic heterocycles. The smallest absolute Gasteiger partial charge is 0.136 e. The topological polar surface area (TPSA) is 17.1 Å². The molecule has 0 radical (unpaired) electrons. The molecule has 0 spiro atoms. The lowest BCUT2D eigenvalue weighted by atomic mass is 9.97. The van der Waals surface area contributed by atoms with Gasteiger partial charge in [0.15, 0.2) is 0 Å². The van der Waals surface area contributed by atoms with Crippen LogP contribution in [0, 0.1) is 5.92 Å². The predicted octanol–water partition coefficient (Wildman–Crippen LogP) is 3.27. The first-order chi connectivity index (χ1) is 6.30. The van der Waals surface area contributed by atoms with E-state index < -0.39 is 0 Å². The van der Waals surface area contributed by atoms with Crippen molar-refractivity contribution in [3.63, 3.8) is 0 Å². The Morgan fingerprint density at radius 1 is 1.15 bits per heavy atom. The highest BCUT2D eigenvalue weighted by Gasteiger charge is 2.10. The first kappa shape index (κ1) is 10.2. The first-order valence-corrected chi connectivity index (χ1v) is 5.13. The molecule has 1 unspecified atom stereocenters. The highest BCUT2D eigenvalue weighted by Crippen LogP contribution is 2.12. The van der Waals surface area contributed by atoms with Gasteiger partial charge in [-0.05, 0) is 25.7 Å². The maximum Gasteiger partial charge on any atom is 0.136 e. The second-order valence-corrected chi connectivity index (χ2v) is 3.66. The van der Waals surface area contributed by atoms with Gasteiger partial charge in [-0.3, -0.25) is 4.79 Å². The van der Waals surface area contributed by atoms with Gasteiger partial charge in [0.25, 0.3) is 0 Å². The first-order valence-electron chi connectivity index (χ1n) is 5.13. The molecular formula is C12H18O. The molecule has 0 N–H and O–H groups in total. The minimum atomic E-state index is 0.246. The van der Waals surface area contributed by atoms with Gasteiger partial charge in [-0.2, -0.15) is 0 Å². The van der Waals surface area contributed by atoms with E-state index in [1.807, 2.05) is 6.92 Å². The van der Waals surface area contributed by atoms with E-state index in [4.69, 9.17) is 0 Å². The standard InChI is InChI=1S/C12H18O/c1-11-9-7-5-3-2-4-6-8-10-12(11)13/h3-6,11H,2,7-10H2,1H3/b5-3+,6-4?.